The van der Waals surface area contributed by atoms with Crippen LogP contribution in [-0.4, -0.2) is 54.3 Å². The lowest BCUT2D eigenvalue weighted by Gasteiger charge is -2.29. The maximum Gasteiger partial charge on any atom is 0.175 e. The third-order valence-corrected chi connectivity index (χ3v) is 7.66. The van der Waals surface area contributed by atoms with E-state index >= 15 is 0 Å². The van der Waals surface area contributed by atoms with Crippen LogP contribution in [0.4, 0.5) is 0 Å². The van der Waals surface area contributed by atoms with Crippen molar-refractivity contribution in [2.24, 2.45) is 0 Å². The number of hydrogen-bond acceptors (Lipinski definition) is 5. The van der Waals surface area contributed by atoms with Gasteiger partial charge in [-0.3, -0.25) is 0 Å². The van der Waals surface area contributed by atoms with Crippen molar-refractivity contribution in [3.05, 3.63) is 83.8 Å². The van der Waals surface area contributed by atoms with E-state index in [1.165, 1.54) is 30.2 Å². The van der Waals surface area contributed by atoms with Crippen molar-refractivity contribution in [1.29, 1.82) is 0 Å². The highest BCUT2D eigenvalue weighted by Gasteiger charge is 2.18. The molecule has 5 rings (SSSR count). The van der Waals surface area contributed by atoms with E-state index in [2.05, 4.69) is 41.3 Å². The molecule has 1 saturated heterocycles. The van der Waals surface area contributed by atoms with Crippen molar-refractivity contribution in [2.75, 3.05) is 26.4 Å². The van der Waals surface area contributed by atoms with Gasteiger partial charge in [-0.1, -0.05) is 36.4 Å². The lowest BCUT2D eigenvalue weighted by atomic mass is 9.89. The van der Waals surface area contributed by atoms with Gasteiger partial charge in [-0.05, 0) is 79.9 Å². The Morgan fingerprint density at radius 2 is 1.67 bits per heavy atom. The SMILES string of the molecule is CN1CCC(c2ccc(Cc3nc4c(-c5ccc(S(C)(=O)=O)cc5)cccn4n3)cc2)CC1. The molecule has 1 aliphatic rings. The fourth-order valence-electron chi connectivity index (χ4n) is 4.56. The molecular weight excluding hydrogens is 432 g/mol. The Balaban J connectivity index is 1.37. The molecule has 0 saturated carbocycles. The Kier molecular flexibility index (Phi) is 5.76. The van der Waals surface area contributed by atoms with E-state index in [9.17, 15) is 8.42 Å². The summed E-state index contributed by atoms with van der Waals surface area (Å²) >= 11 is 0. The summed E-state index contributed by atoms with van der Waals surface area (Å²) in [5.41, 5.74) is 5.22. The van der Waals surface area contributed by atoms with E-state index in [-0.39, 0.29) is 0 Å². The molecule has 0 aliphatic carbocycles. The number of pyridine rings is 1. The van der Waals surface area contributed by atoms with E-state index in [4.69, 9.17) is 4.98 Å². The Labute approximate surface area is 194 Å². The normalized spacial score (nSPS) is 15.8. The summed E-state index contributed by atoms with van der Waals surface area (Å²) in [6, 6.07) is 19.7. The summed E-state index contributed by atoms with van der Waals surface area (Å²) < 4.78 is 25.3. The predicted molar refractivity (Wildman–Crippen MR) is 130 cm³/mol. The number of nitrogens with zero attached hydrogens (tertiary/aromatic N) is 4. The average Bonchev–Trinajstić information content (AvgIpc) is 3.22. The van der Waals surface area contributed by atoms with Crippen LogP contribution in [0.2, 0.25) is 0 Å². The summed E-state index contributed by atoms with van der Waals surface area (Å²) in [6.07, 6.45) is 6.22. The molecule has 0 atom stereocenters. The smallest absolute Gasteiger partial charge is 0.175 e. The molecule has 0 bridgehead atoms. The number of hydrogen-bond donors (Lipinski definition) is 0. The van der Waals surface area contributed by atoms with E-state index in [0.29, 0.717) is 17.2 Å². The first-order valence-electron chi connectivity index (χ1n) is 11.3. The third-order valence-electron chi connectivity index (χ3n) is 6.53. The molecule has 3 heterocycles. The predicted octanol–water partition coefficient (Wildman–Crippen LogP) is 4.20. The van der Waals surface area contributed by atoms with E-state index < -0.39 is 9.84 Å². The fourth-order valence-corrected chi connectivity index (χ4v) is 5.19. The number of piperidine rings is 1. The monoisotopic (exact) mass is 460 g/mol. The van der Waals surface area contributed by atoms with Gasteiger partial charge in [0.15, 0.2) is 21.3 Å². The number of likely N-dealkylation sites (tertiary alicyclic amines) is 1. The van der Waals surface area contributed by atoms with Crippen LogP contribution in [0.15, 0.2) is 71.8 Å². The quantitative estimate of drug-likeness (QED) is 0.447. The number of sulfone groups is 1. The van der Waals surface area contributed by atoms with Crippen LogP contribution in [0.1, 0.15) is 35.7 Å². The summed E-state index contributed by atoms with van der Waals surface area (Å²) in [4.78, 5) is 7.51. The molecule has 1 fully saturated rings. The Bertz CT molecular complexity index is 1370. The van der Waals surface area contributed by atoms with Crippen molar-refractivity contribution in [3.8, 4) is 11.1 Å². The molecule has 0 spiro atoms. The average molecular weight is 461 g/mol. The van der Waals surface area contributed by atoms with Gasteiger partial charge in [0.05, 0.1) is 4.90 Å². The molecule has 2 aromatic carbocycles. The van der Waals surface area contributed by atoms with Crippen LogP contribution in [0.25, 0.3) is 16.8 Å². The minimum atomic E-state index is -3.22. The lowest BCUT2D eigenvalue weighted by Crippen LogP contribution is -2.29. The first-order valence-corrected chi connectivity index (χ1v) is 13.2. The van der Waals surface area contributed by atoms with Crippen molar-refractivity contribution >= 4 is 15.5 Å². The molecule has 170 valence electrons. The Morgan fingerprint density at radius 1 is 0.970 bits per heavy atom. The van der Waals surface area contributed by atoms with Gasteiger partial charge in [-0.2, -0.15) is 5.10 Å². The first-order chi connectivity index (χ1) is 15.9. The number of aromatic nitrogens is 3. The minimum Gasteiger partial charge on any atom is -0.306 e. The molecule has 2 aromatic heterocycles. The van der Waals surface area contributed by atoms with Gasteiger partial charge in [0.1, 0.15) is 0 Å². The molecule has 1 aliphatic heterocycles. The highest BCUT2D eigenvalue weighted by atomic mass is 32.2. The van der Waals surface area contributed by atoms with Crippen molar-refractivity contribution in [2.45, 2.75) is 30.1 Å². The largest absolute Gasteiger partial charge is 0.306 e. The van der Waals surface area contributed by atoms with E-state index in [0.717, 1.165) is 35.7 Å². The second-order valence-corrected chi connectivity index (χ2v) is 11.0. The van der Waals surface area contributed by atoms with Gasteiger partial charge < -0.3 is 4.90 Å². The van der Waals surface area contributed by atoms with Gasteiger partial charge in [-0.15, -0.1) is 0 Å². The highest BCUT2D eigenvalue weighted by molar-refractivity contribution is 7.90. The van der Waals surface area contributed by atoms with Crippen LogP contribution < -0.4 is 0 Å². The maximum absolute atomic E-state index is 11.8. The fraction of sp³-hybridized carbons (Fsp3) is 0.308. The second-order valence-electron chi connectivity index (χ2n) is 9.01. The van der Waals surface area contributed by atoms with Crippen molar-refractivity contribution in [3.63, 3.8) is 0 Å². The molecule has 0 amide bonds. The molecule has 0 unspecified atom stereocenters. The lowest BCUT2D eigenvalue weighted by molar-refractivity contribution is 0.255. The van der Waals surface area contributed by atoms with Crippen LogP contribution in [0, 0.1) is 0 Å². The summed E-state index contributed by atoms with van der Waals surface area (Å²) in [5, 5.41) is 4.68. The van der Waals surface area contributed by atoms with Gasteiger partial charge in [0, 0.05) is 24.4 Å². The Hall–Kier alpha value is -3.03. The van der Waals surface area contributed by atoms with Gasteiger partial charge in [-0.25, -0.2) is 17.9 Å². The Morgan fingerprint density at radius 3 is 2.33 bits per heavy atom. The zero-order valence-electron chi connectivity index (χ0n) is 19.0. The molecule has 0 radical (unpaired) electrons. The summed E-state index contributed by atoms with van der Waals surface area (Å²) in [6.45, 7) is 2.33. The topological polar surface area (TPSA) is 67.6 Å². The van der Waals surface area contributed by atoms with Gasteiger partial charge in [0.25, 0.3) is 0 Å². The van der Waals surface area contributed by atoms with Crippen molar-refractivity contribution in [1.82, 2.24) is 19.5 Å². The van der Waals surface area contributed by atoms with Crippen LogP contribution in [0.5, 0.6) is 0 Å². The zero-order valence-corrected chi connectivity index (χ0v) is 19.8. The van der Waals surface area contributed by atoms with E-state index in [1.807, 2.05) is 30.5 Å². The first kappa shape index (κ1) is 21.8. The summed E-state index contributed by atoms with van der Waals surface area (Å²) in [5.74, 6) is 1.42. The number of benzene rings is 2. The maximum atomic E-state index is 11.8. The zero-order chi connectivity index (χ0) is 23.0. The standard InChI is InChI=1S/C26H28N4O2S/c1-29-16-13-21(14-17-29)20-7-5-19(6-8-20)18-25-27-26-24(4-3-15-30(26)28-25)22-9-11-23(12-10-22)33(2,31)32/h3-12,15,21H,13-14,16-18H2,1-2H3. The molecule has 4 aromatic rings. The van der Waals surface area contributed by atoms with Gasteiger partial charge >= 0.3 is 0 Å². The molecular formula is C26H28N4O2S. The highest BCUT2D eigenvalue weighted by Crippen LogP contribution is 2.28. The molecule has 7 heteroatoms. The second kappa shape index (κ2) is 8.72. The molecule has 6 nitrogen and oxygen atoms in total. The molecule has 0 N–H and O–H groups in total. The van der Waals surface area contributed by atoms with Crippen LogP contribution in [0.3, 0.4) is 0 Å². The molecule has 33 heavy (non-hydrogen) atoms. The number of fused-ring (bicyclic) bond motifs is 1. The van der Waals surface area contributed by atoms with Crippen LogP contribution in [-0.2, 0) is 16.3 Å². The third kappa shape index (κ3) is 4.70. The van der Waals surface area contributed by atoms with Gasteiger partial charge in [0.2, 0.25) is 0 Å². The van der Waals surface area contributed by atoms with Crippen molar-refractivity contribution < 1.29 is 8.42 Å². The summed E-state index contributed by atoms with van der Waals surface area (Å²) in [7, 11) is -1.03. The van der Waals surface area contributed by atoms with Crippen LogP contribution >= 0.6 is 0 Å². The van der Waals surface area contributed by atoms with E-state index in [1.54, 1.807) is 16.6 Å². The number of rotatable bonds is 5. The minimum absolute atomic E-state index is 0.309.